The summed E-state index contributed by atoms with van der Waals surface area (Å²) in [4.78, 5) is 0. The van der Waals surface area contributed by atoms with Gasteiger partial charge in [-0.3, -0.25) is 0 Å². The van der Waals surface area contributed by atoms with Crippen molar-refractivity contribution in [3.05, 3.63) is 6.92 Å². The van der Waals surface area contributed by atoms with Crippen molar-refractivity contribution in [3.63, 3.8) is 0 Å². The van der Waals surface area contributed by atoms with Crippen LogP contribution in [0.1, 0.15) is 45.4 Å². The van der Waals surface area contributed by atoms with Crippen molar-refractivity contribution >= 4 is 0 Å². The van der Waals surface area contributed by atoms with Crippen molar-refractivity contribution in [3.8, 4) is 0 Å². The van der Waals surface area contributed by atoms with Gasteiger partial charge in [-0.25, -0.2) is 0 Å². The molecule has 0 rings (SSSR count). The summed E-state index contributed by atoms with van der Waals surface area (Å²) < 4.78 is 0. The van der Waals surface area contributed by atoms with Gasteiger partial charge in [0.05, 0.1) is 0 Å². The summed E-state index contributed by atoms with van der Waals surface area (Å²) in [5.74, 6) is 0. The topological polar surface area (TPSA) is 0 Å². The fourth-order valence-corrected chi connectivity index (χ4v) is 0.780. The Labute approximate surface area is 74.9 Å². The smallest absolute Gasteiger partial charge is 0.343 e. The Hall–Kier alpha value is 0.740. The molecule has 0 heterocycles. The summed E-state index contributed by atoms with van der Waals surface area (Å²) in [5.41, 5.74) is 0. The summed E-state index contributed by atoms with van der Waals surface area (Å²) in [5, 5.41) is 0. The predicted molar refractivity (Wildman–Crippen MR) is 38.7 cm³/mol. The minimum absolute atomic E-state index is 0. The Morgan fingerprint density at radius 3 is 2.00 bits per heavy atom. The van der Waals surface area contributed by atoms with E-state index in [1.54, 1.807) is 0 Å². The van der Waals surface area contributed by atoms with Crippen molar-refractivity contribution in [2.45, 2.75) is 45.4 Å². The Kier molecular flexibility index (Phi) is 15.9. The summed E-state index contributed by atoms with van der Waals surface area (Å²) in [7, 11) is 0. The number of rotatable bonds is 5. The molecule has 0 aliphatic carbocycles. The van der Waals surface area contributed by atoms with Crippen LogP contribution in [-0.2, 0) is 22.4 Å². The van der Waals surface area contributed by atoms with Crippen LogP contribution < -0.4 is 0 Å². The molecular weight excluding hydrogens is 293 g/mol. The third-order valence-corrected chi connectivity index (χ3v) is 1.35. The van der Waals surface area contributed by atoms with Crippen LogP contribution in [0.25, 0.3) is 0 Å². The first kappa shape index (κ1) is 12.4. The second-order valence-electron chi connectivity index (χ2n) is 2.27. The minimum Gasteiger partial charge on any atom is -0.343 e. The van der Waals surface area contributed by atoms with Crippen LogP contribution in [0, 0.1) is 6.92 Å². The third-order valence-electron chi connectivity index (χ3n) is 1.35. The van der Waals surface area contributed by atoms with Crippen LogP contribution in [0.15, 0.2) is 0 Å². The molecule has 9 heavy (non-hydrogen) atoms. The van der Waals surface area contributed by atoms with E-state index < -0.39 is 0 Å². The maximum atomic E-state index is 3.78. The molecule has 0 aromatic heterocycles. The van der Waals surface area contributed by atoms with E-state index in [9.17, 15) is 0 Å². The van der Waals surface area contributed by atoms with E-state index in [-0.39, 0.29) is 22.4 Å². The molecule has 0 unspecified atom stereocenters. The van der Waals surface area contributed by atoms with Crippen LogP contribution >= 0.6 is 0 Å². The predicted octanol–water partition coefficient (Wildman–Crippen LogP) is 3.18. The standard InChI is InChI=1S/C8H17.Au/c1-3-5-7-8-6-4-2;/h1,3-8H2,2H3;/q-1;+1. The second kappa shape index (κ2) is 11.5. The third kappa shape index (κ3) is 12.1. The molecule has 0 spiro atoms. The first-order valence-corrected chi connectivity index (χ1v) is 3.71. The van der Waals surface area contributed by atoms with Gasteiger partial charge in [0.1, 0.15) is 0 Å². The SMILES string of the molecule is [Au+].[CH2-]CCCCCCC. The largest absolute Gasteiger partial charge is 1.00 e. The summed E-state index contributed by atoms with van der Waals surface area (Å²) >= 11 is 0. The molecule has 0 saturated heterocycles. The van der Waals surface area contributed by atoms with Crippen molar-refractivity contribution in [2.75, 3.05) is 0 Å². The summed E-state index contributed by atoms with van der Waals surface area (Å²) in [6, 6.07) is 0. The quantitative estimate of drug-likeness (QED) is 0.416. The average Bonchev–Trinajstić information content (AvgIpc) is 1.81. The van der Waals surface area contributed by atoms with Crippen LogP contribution in [-0.4, -0.2) is 0 Å². The van der Waals surface area contributed by atoms with Crippen LogP contribution in [0.4, 0.5) is 0 Å². The van der Waals surface area contributed by atoms with Gasteiger partial charge >= 0.3 is 22.4 Å². The molecular formula is C8H17Au. The van der Waals surface area contributed by atoms with Gasteiger partial charge in [0.2, 0.25) is 0 Å². The molecule has 0 aromatic rings. The maximum Gasteiger partial charge on any atom is 1.00 e. The molecule has 0 saturated carbocycles. The van der Waals surface area contributed by atoms with E-state index in [0.717, 1.165) is 6.42 Å². The molecule has 0 N–H and O–H groups in total. The first-order chi connectivity index (χ1) is 3.91. The first-order valence-electron chi connectivity index (χ1n) is 3.71. The second-order valence-corrected chi connectivity index (χ2v) is 2.27. The summed E-state index contributed by atoms with van der Waals surface area (Å²) in [6.07, 6.45) is 7.98. The van der Waals surface area contributed by atoms with Gasteiger partial charge in [0.25, 0.3) is 0 Å². The van der Waals surface area contributed by atoms with Gasteiger partial charge in [-0.05, 0) is 0 Å². The Balaban J connectivity index is 0. The molecule has 0 aromatic carbocycles. The molecule has 0 radical (unpaired) electrons. The Bertz CT molecular complexity index is 29.5. The van der Waals surface area contributed by atoms with Crippen molar-refractivity contribution in [2.24, 2.45) is 0 Å². The Morgan fingerprint density at radius 2 is 1.56 bits per heavy atom. The normalized spacial score (nSPS) is 8.67. The molecule has 60 valence electrons. The van der Waals surface area contributed by atoms with Gasteiger partial charge in [-0.2, -0.15) is 6.42 Å². The van der Waals surface area contributed by atoms with E-state index in [2.05, 4.69) is 13.8 Å². The zero-order chi connectivity index (χ0) is 6.24. The monoisotopic (exact) mass is 310 g/mol. The molecule has 0 aliphatic rings. The molecule has 0 fully saturated rings. The molecule has 0 atom stereocenters. The minimum atomic E-state index is 0. The van der Waals surface area contributed by atoms with Gasteiger partial charge in [-0.1, -0.05) is 39.0 Å². The van der Waals surface area contributed by atoms with Crippen LogP contribution in [0.3, 0.4) is 0 Å². The molecule has 0 aliphatic heterocycles. The maximum absolute atomic E-state index is 3.78. The molecule has 0 nitrogen and oxygen atoms in total. The zero-order valence-electron chi connectivity index (χ0n) is 6.25. The van der Waals surface area contributed by atoms with Gasteiger partial charge in [0.15, 0.2) is 0 Å². The van der Waals surface area contributed by atoms with E-state index >= 15 is 0 Å². The van der Waals surface area contributed by atoms with E-state index in [1.807, 2.05) is 0 Å². The molecule has 0 bridgehead atoms. The zero-order valence-corrected chi connectivity index (χ0v) is 8.42. The molecule has 0 amide bonds. The number of hydrogen-bond acceptors (Lipinski definition) is 0. The van der Waals surface area contributed by atoms with Crippen molar-refractivity contribution in [1.29, 1.82) is 0 Å². The van der Waals surface area contributed by atoms with Gasteiger partial charge in [-0.15, -0.1) is 0 Å². The van der Waals surface area contributed by atoms with Crippen molar-refractivity contribution < 1.29 is 22.4 Å². The van der Waals surface area contributed by atoms with Crippen LogP contribution in [0.5, 0.6) is 0 Å². The van der Waals surface area contributed by atoms with Gasteiger partial charge in [0, 0.05) is 0 Å². The Morgan fingerprint density at radius 1 is 1.00 bits per heavy atom. The van der Waals surface area contributed by atoms with E-state index in [1.165, 1.54) is 32.1 Å². The fraction of sp³-hybridized carbons (Fsp3) is 0.875. The molecule has 1 heteroatoms. The number of unbranched alkanes of at least 4 members (excludes halogenated alkanes) is 5. The van der Waals surface area contributed by atoms with E-state index in [0.29, 0.717) is 0 Å². The van der Waals surface area contributed by atoms with Crippen molar-refractivity contribution in [1.82, 2.24) is 0 Å². The summed E-state index contributed by atoms with van der Waals surface area (Å²) in [6.45, 7) is 6.02. The average molecular weight is 310 g/mol. The van der Waals surface area contributed by atoms with Gasteiger partial charge < -0.3 is 6.92 Å². The van der Waals surface area contributed by atoms with Crippen LogP contribution in [0.2, 0.25) is 0 Å². The number of hydrogen-bond donors (Lipinski definition) is 0. The van der Waals surface area contributed by atoms with E-state index in [4.69, 9.17) is 0 Å². The fourth-order valence-electron chi connectivity index (χ4n) is 0.780.